The second kappa shape index (κ2) is 10.1. The van der Waals surface area contributed by atoms with E-state index in [2.05, 4.69) is 4.99 Å². The van der Waals surface area contributed by atoms with E-state index in [1.165, 1.54) is 18.2 Å². The quantitative estimate of drug-likeness (QED) is 0.267. The minimum atomic E-state index is -1.88. The van der Waals surface area contributed by atoms with Crippen molar-refractivity contribution in [1.29, 1.82) is 0 Å². The Morgan fingerprint density at radius 3 is 2.41 bits per heavy atom. The van der Waals surface area contributed by atoms with Crippen LogP contribution in [-0.4, -0.2) is 85.5 Å². The van der Waals surface area contributed by atoms with E-state index in [4.69, 9.17) is 10.2 Å². The van der Waals surface area contributed by atoms with Crippen molar-refractivity contribution >= 4 is 23.0 Å². The van der Waals surface area contributed by atoms with E-state index >= 15 is 0 Å². The van der Waals surface area contributed by atoms with Crippen LogP contribution in [0.3, 0.4) is 0 Å². The summed E-state index contributed by atoms with van der Waals surface area (Å²) in [5, 5.41) is 58.2. The fourth-order valence-corrected chi connectivity index (χ4v) is 3.20. The van der Waals surface area contributed by atoms with E-state index < -0.39 is 67.4 Å². The molecular formula is C19H24FNO8. The van der Waals surface area contributed by atoms with E-state index in [-0.39, 0.29) is 18.6 Å². The molecule has 10 heteroatoms. The molecule has 0 bridgehead atoms. The molecule has 2 unspecified atom stereocenters. The minimum absolute atomic E-state index is 0.0533. The summed E-state index contributed by atoms with van der Waals surface area (Å²) in [5.74, 6) is -3.08. The molecule has 0 amide bonds. The van der Waals surface area contributed by atoms with Crippen molar-refractivity contribution in [3.8, 4) is 0 Å². The second-order valence-electron chi connectivity index (χ2n) is 7.00. The third-order valence-electron chi connectivity index (χ3n) is 4.88. The number of Topliss-reactive ketones (excluding diaryl/α,β-unsaturated/α-hetero) is 2. The number of ketones is 2. The minimum Gasteiger partial charge on any atom is -0.394 e. The van der Waals surface area contributed by atoms with Crippen LogP contribution in [0.1, 0.15) is 18.4 Å². The SMILES string of the molecule is O=C(CO)C[C@H](C(O)CC1=Nc2ccc(F)cc2CC1=O)C(O)[C@H](O)[C@H](O)CO. The average Bonchev–Trinajstić information content (AvgIpc) is 2.70. The van der Waals surface area contributed by atoms with Crippen molar-refractivity contribution in [2.45, 2.75) is 43.7 Å². The fraction of sp³-hybridized carbons (Fsp3) is 0.526. The van der Waals surface area contributed by atoms with E-state index in [0.29, 0.717) is 11.3 Å². The fourth-order valence-electron chi connectivity index (χ4n) is 3.20. The standard InChI is InChI=1S/C19H24FNO8/c20-10-1-2-13-9(3-10)4-16(26)14(21-13)6-15(25)12(5-11(24)7-22)18(28)19(29)17(27)8-23/h1-3,12,15,17-19,22-23,25,27-29H,4-8H2/t12-,15?,17-,18?,19-/m1/s1. The summed E-state index contributed by atoms with van der Waals surface area (Å²) in [5.41, 5.74) is 0.691. The Balaban J connectivity index is 2.24. The van der Waals surface area contributed by atoms with Crippen LogP contribution in [0.15, 0.2) is 23.2 Å². The van der Waals surface area contributed by atoms with Gasteiger partial charge in [0, 0.05) is 25.2 Å². The van der Waals surface area contributed by atoms with Crippen LogP contribution < -0.4 is 0 Å². The maximum absolute atomic E-state index is 13.3. The summed E-state index contributed by atoms with van der Waals surface area (Å²) in [4.78, 5) is 28.1. The molecule has 160 valence electrons. The van der Waals surface area contributed by atoms with E-state index in [9.17, 15) is 34.4 Å². The van der Waals surface area contributed by atoms with Gasteiger partial charge in [-0.05, 0) is 23.8 Å². The van der Waals surface area contributed by atoms with Crippen LogP contribution >= 0.6 is 0 Å². The third kappa shape index (κ3) is 5.72. The lowest BCUT2D eigenvalue weighted by Crippen LogP contribution is -2.48. The molecule has 1 aliphatic heterocycles. The first kappa shape index (κ1) is 23.2. The molecule has 9 nitrogen and oxygen atoms in total. The van der Waals surface area contributed by atoms with Gasteiger partial charge in [-0.2, -0.15) is 0 Å². The van der Waals surface area contributed by atoms with Gasteiger partial charge in [-0.25, -0.2) is 9.38 Å². The van der Waals surface area contributed by atoms with Crippen LogP contribution in [0.2, 0.25) is 0 Å². The zero-order valence-electron chi connectivity index (χ0n) is 15.5. The monoisotopic (exact) mass is 413 g/mol. The molecule has 0 aromatic heterocycles. The predicted octanol–water partition coefficient (Wildman–Crippen LogP) is -1.58. The van der Waals surface area contributed by atoms with Crippen LogP contribution in [-0.2, 0) is 16.0 Å². The summed E-state index contributed by atoms with van der Waals surface area (Å²) in [6.45, 7) is -1.74. The van der Waals surface area contributed by atoms with Crippen LogP contribution in [0.4, 0.5) is 10.1 Å². The number of halogens is 1. The first-order valence-corrected chi connectivity index (χ1v) is 9.02. The topological polar surface area (TPSA) is 168 Å². The normalized spacial score (nSPS) is 19.0. The van der Waals surface area contributed by atoms with Gasteiger partial charge in [0.2, 0.25) is 0 Å². The Kier molecular flexibility index (Phi) is 8.08. The summed E-state index contributed by atoms with van der Waals surface area (Å²) >= 11 is 0. The van der Waals surface area contributed by atoms with E-state index in [0.717, 1.165) is 0 Å². The summed E-state index contributed by atoms with van der Waals surface area (Å²) < 4.78 is 13.3. The highest BCUT2D eigenvalue weighted by atomic mass is 19.1. The smallest absolute Gasteiger partial charge is 0.181 e. The lowest BCUT2D eigenvalue weighted by molar-refractivity contribution is -0.133. The molecule has 0 aliphatic carbocycles. The van der Waals surface area contributed by atoms with Gasteiger partial charge in [0.25, 0.3) is 0 Å². The Bertz CT molecular complexity index is 783. The van der Waals surface area contributed by atoms with E-state index in [1.54, 1.807) is 0 Å². The number of benzene rings is 1. The molecule has 0 fully saturated rings. The Labute approximate surface area is 165 Å². The molecule has 1 aliphatic rings. The summed E-state index contributed by atoms with van der Waals surface area (Å²) in [7, 11) is 0. The number of hydrogen-bond donors (Lipinski definition) is 6. The molecule has 1 heterocycles. The number of hydrogen-bond acceptors (Lipinski definition) is 9. The number of aliphatic imine (C=N–C) groups is 1. The van der Waals surface area contributed by atoms with Crippen LogP contribution in [0.25, 0.3) is 0 Å². The van der Waals surface area contributed by atoms with Crippen molar-refractivity contribution in [1.82, 2.24) is 0 Å². The second-order valence-corrected chi connectivity index (χ2v) is 7.00. The molecular weight excluding hydrogens is 389 g/mol. The number of rotatable bonds is 10. The largest absolute Gasteiger partial charge is 0.394 e. The highest BCUT2D eigenvalue weighted by Crippen LogP contribution is 2.28. The average molecular weight is 413 g/mol. The van der Waals surface area contributed by atoms with Gasteiger partial charge in [0.05, 0.1) is 30.2 Å². The first-order valence-electron chi connectivity index (χ1n) is 9.02. The molecule has 5 atom stereocenters. The number of carbonyl (C=O) groups is 2. The van der Waals surface area contributed by atoms with Crippen molar-refractivity contribution < 1.29 is 44.6 Å². The van der Waals surface area contributed by atoms with Crippen molar-refractivity contribution in [2.24, 2.45) is 10.9 Å². The molecule has 29 heavy (non-hydrogen) atoms. The molecule has 6 N–H and O–H groups in total. The third-order valence-corrected chi connectivity index (χ3v) is 4.88. The van der Waals surface area contributed by atoms with Gasteiger partial charge >= 0.3 is 0 Å². The highest BCUT2D eigenvalue weighted by molar-refractivity contribution is 6.41. The van der Waals surface area contributed by atoms with Gasteiger partial charge in [-0.15, -0.1) is 0 Å². The Hall–Kier alpha value is -2.08. The van der Waals surface area contributed by atoms with Crippen LogP contribution in [0.5, 0.6) is 0 Å². The molecule has 1 aromatic carbocycles. The molecule has 0 spiro atoms. The molecule has 0 saturated carbocycles. The van der Waals surface area contributed by atoms with Gasteiger partial charge in [-0.3, -0.25) is 9.59 Å². The molecule has 1 aromatic rings. The van der Waals surface area contributed by atoms with Gasteiger partial charge in [-0.1, -0.05) is 0 Å². The number of aliphatic hydroxyl groups is 6. The van der Waals surface area contributed by atoms with Crippen molar-refractivity contribution in [2.75, 3.05) is 13.2 Å². The molecule has 0 saturated heterocycles. The number of fused-ring (bicyclic) bond motifs is 1. The predicted molar refractivity (Wildman–Crippen MR) is 98.1 cm³/mol. The molecule has 2 rings (SSSR count). The summed E-state index contributed by atoms with van der Waals surface area (Å²) in [6, 6.07) is 3.74. The lowest BCUT2D eigenvalue weighted by Gasteiger charge is -2.32. The first-order chi connectivity index (χ1) is 13.7. The zero-order chi connectivity index (χ0) is 21.7. The lowest BCUT2D eigenvalue weighted by atomic mass is 9.83. The zero-order valence-corrected chi connectivity index (χ0v) is 15.5. The van der Waals surface area contributed by atoms with Gasteiger partial charge < -0.3 is 30.6 Å². The Morgan fingerprint density at radius 1 is 1.10 bits per heavy atom. The number of nitrogens with zero attached hydrogens (tertiary/aromatic N) is 1. The summed E-state index contributed by atoms with van der Waals surface area (Å²) in [6.07, 6.45) is -8.02. The Morgan fingerprint density at radius 2 is 1.79 bits per heavy atom. The van der Waals surface area contributed by atoms with Gasteiger partial charge in [0.15, 0.2) is 11.6 Å². The van der Waals surface area contributed by atoms with Crippen LogP contribution in [0, 0.1) is 11.7 Å². The highest BCUT2D eigenvalue weighted by Gasteiger charge is 2.37. The van der Waals surface area contributed by atoms with Crippen molar-refractivity contribution in [3.63, 3.8) is 0 Å². The van der Waals surface area contributed by atoms with Crippen molar-refractivity contribution in [3.05, 3.63) is 29.6 Å². The van der Waals surface area contributed by atoms with Gasteiger partial charge in [0.1, 0.15) is 24.6 Å². The number of aliphatic hydroxyl groups excluding tert-OH is 6. The maximum Gasteiger partial charge on any atom is 0.181 e. The maximum atomic E-state index is 13.3. The molecule has 0 radical (unpaired) electrons. The number of carbonyl (C=O) groups excluding carboxylic acids is 2. The van der Waals surface area contributed by atoms with E-state index in [1.807, 2.05) is 0 Å².